The smallest absolute Gasteiger partial charge is 0.310 e. The lowest BCUT2D eigenvalue weighted by atomic mass is 9.94. The maximum Gasteiger partial charge on any atom is 0.310 e. The summed E-state index contributed by atoms with van der Waals surface area (Å²) in [4.78, 5) is 11.4. The van der Waals surface area contributed by atoms with Crippen molar-refractivity contribution in [2.24, 2.45) is 17.6 Å². The van der Waals surface area contributed by atoms with Crippen molar-refractivity contribution in [3.8, 4) is 0 Å². The summed E-state index contributed by atoms with van der Waals surface area (Å²) in [6, 6.07) is 0. The molecule has 0 aromatic carbocycles. The molecule has 3 N–H and O–H groups in total. The number of hydrogen-bond donors (Lipinski definition) is 2. The Kier molecular flexibility index (Phi) is 6.62. The lowest BCUT2D eigenvalue weighted by molar-refractivity contribution is -0.150. The van der Waals surface area contributed by atoms with Crippen LogP contribution in [-0.2, 0) is 9.53 Å². The van der Waals surface area contributed by atoms with Gasteiger partial charge in [0.1, 0.15) is 0 Å². The van der Waals surface area contributed by atoms with Crippen molar-refractivity contribution in [1.82, 2.24) is 5.32 Å². The van der Waals surface area contributed by atoms with Gasteiger partial charge in [0.05, 0.1) is 5.92 Å². The lowest BCUT2D eigenvalue weighted by Crippen LogP contribution is -2.24. The van der Waals surface area contributed by atoms with Crippen molar-refractivity contribution in [3.63, 3.8) is 0 Å². The number of carbonyl (C=O) groups is 1. The molecule has 4 heteroatoms. The van der Waals surface area contributed by atoms with Crippen LogP contribution in [0.25, 0.3) is 0 Å². The van der Waals surface area contributed by atoms with Gasteiger partial charge in [-0.2, -0.15) is 0 Å². The number of rotatable bonds is 6. The lowest BCUT2D eigenvalue weighted by Gasteiger charge is -2.16. The number of nitrogens with one attached hydrogen (secondary N) is 1. The molecule has 0 aliphatic carbocycles. The molecular weight excluding hydrogens is 180 g/mol. The van der Waals surface area contributed by atoms with E-state index in [2.05, 4.69) is 12.2 Å². The average Bonchev–Trinajstić information content (AvgIpc) is 2.21. The Morgan fingerprint density at radius 1 is 1.57 bits per heavy atom. The van der Waals surface area contributed by atoms with E-state index in [1.807, 2.05) is 13.8 Å². The van der Waals surface area contributed by atoms with E-state index in [4.69, 9.17) is 10.5 Å². The van der Waals surface area contributed by atoms with Gasteiger partial charge in [-0.1, -0.05) is 27.2 Å². The fourth-order valence-corrected chi connectivity index (χ4v) is 0.946. The van der Waals surface area contributed by atoms with E-state index in [1.165, 1.54) is 12.4 Å². The summed E-state index contributed by atoms with van der Waals surface area (Å²) in [6.07, 6.45) is 3.86. The molecule has 0 saturated heterocycles. The van der Waals surface area contributed by atoms with Crippen LogP contribution in [0.15, 0.2) is 12.4 Å². The van der Waals surface area contributed by atoms with Gasteiger partial charge in [0.15, 0.2) is 6.73 Å². The first-order valence-corrected chi connectivity index (χ1v) is 4.90. The molecule has 0 bridgehead atoms. The molecule has 0 fully saturated rings. The number of nitrogens with two attached hydrogens (primary N) is 1. The minimum absolute atomic E-state index is 0.0522. The SMILES string of the molecule is CCC(C)C(C)C(=O)OCN/C=C\N. The molecule has 0 aliphatic rings. The third-order valence-electron chi connectivity index (χ3n) is 2.38. The summed E-state index contributed by atoms with van der Waals surface area (Å²) in [5.41, 5.74) is 5.09. The Labute approximate surface area is 85.5 Å². The molecule has 0 spiro atoms. The topological polar surface area (TPSA) is 64.3 Å². The summed E-state index contributed by atoms with van der Waals surface area (Å²) in [6.45, 7) is 6.16. The second-order valence-electron chi connectivity index (χ2n) is 3.35. The molecule has 4 nitrogen and oxygen atoms in total. The van der Waals surface area contributed by atoms with Gasteiger partial charge in [0, 0.05) is 12.4 Å². The van der Waals surface area contributed by atoms with Gasteiger partial charge in [-0.05, 0) is 5.92 Å². The maximum absolute atomic E-state index is 11.4. The van der Waals surface area contributed by atoms with Crippen LogP contribution >= 0.6 is 0 Å². The molecule has 0 saturated carbocycles. The zero-order valence-corrected chi connectivity index (χ0v) is 9.12. The fourth-order valence-electron chi connectivity index (χ4n) is 0.946. The largest absolute Gasteiger partial charge is 0.444 e. The van der Waals surface area contributed by atoms with Crippen LogP contribution in [0.2, 0.25) is 0 Å². The van der Waals surface area contributed by atoms with Gasteiger partial charge in [0.2, 0.25) is 0 Å². The van der Waals surface area contributed by atoms with Crippen molar-refractivity contribution >= 4 is 5.97 Å². The maximum atomic E-state index is 11.4. The fraction of sp³-hybridized carbons (Fsp3) is 0.700. The number of esters is 1. The molecule has 82 valence electrons. The van der Waals surface area contributed by atoms with Crippen molar-refractivity contribution in [3.05, 3.63) is 12.4 Å². The summed E-state index contributed by atoms with van der Waals surface area (Å²) in [5, 5.41) is 2.73. The molecule has 0 amide bonds. The molecule has 0 aromatic heterocycles. The first kappa shape index (κ1) is 12.8. The van der Waals surface area contributed by atoms with E-state index in [0.717, 1.165) is 6.42 Å². The van der Waals surface area contributed by atoms with Gasteiger partial charge < -0.3 is 15.8 Å². The van der Waals surface area contributed by atoms with Crippen molar-refractivity contribution in [2.75, 3.05) is 6.73 Å². The highest BCUT2D eigenvalue weighted by Gasteiger charge is 2.19. The van der Waals surface area contributed by atoms with E-state index in [0.29, 0.717) is 5.92 Å². The van der Waals surface area contributed by atoms with Gasteiger partial charge in [0.25, 0.3) is 0 Å². The van der Waals surface area contributed by atoms with Crippen LogP contribution in [0.4, 0.5) is 0 Å². The molecule has 2 unspecified atom stereocenters. The quantitative estimate of drug-likeness (QED) is 0.384. The predicted octanol–water partition coefficient (Wildman–Crippen LogP) is 1.19. The highest BCUT2D eigenvalue weighted by Crippen LogP contribution is 2.15. The van der Waals surface area contributed by atoms with Crippen LogP contribution in [0.1, 0.15) is 27.2 Å². The van der Waals surface area contributed by atoms with Gasteiger partial charge >= 0.3 is 5.97 Å². The van der Waals surface area contributed by atoms with Crippen LogP contribution < -0.4 is 11.1 Å². The minimum atomic E-state index is -0.169. The van der Waals surface area contributed by atoms with Crippen molar-refractivity contribution < 1.29 is 9.53 Å². The number of carbonyl (C=O) groups excluding carboxylic acids is 1. The Morgan fingerprint density at radius 3 is 2.71 bits per heavy atom. The van der Waals surface area contributed by atoms with Gasteiger partial charge in [-0.15, -0.1) is 0 Å². The summed E-state index contributed by atoms with van der Waals surface area (Å²) in [5.74, 6) is 0.133. The second kappa shape index (κ2) is 7.24. The van der Waals surface area contributed by atoms with Crippen LogP contribution in [-0.4, -0.2) is 12.7 Å². The Morgan fingerprint density at radius 2 is 2.21 bits per heavy atom. The summed E-state index contributed by atoms with van der Waals surface area (Å²) in [7, 11) is 0. The molecule has 14 heavy (non-hydrogen) atoms. The molecule has 2 atom stereocenters. The van der Waals surface area contributed by atoms with Crippen LogP contribution in [0.5, 0.6) is 0 Å². The Hall–Kier alpha value is -1.19. The van der Waals surface area contributed by atoms with E-state index in [9.17, 15) is 4.79 Å². The zero-order chi connectivity index (χ0) is 11.0. The second-order valence-corrected chi connectivity index (χ2v) is 3.35. The standard InChI is InChI=1S/C10H20N2O2/c1-4-8(2)9(3)10(13)14-7-12-6-5-11/h5-6,8-9,12H,4,7,11H2,1-3H3/b6-5-. The monoisotopic (exact) mass is 200 g/mol. The first-order valence-electron chi connectivity index (χ1n) is 4.90. The third-order valence-corrected chi connectivity index (χ3v) is 2.38. The Bertz CT molecular complexity index is 193. The molecule has 0 rings (SSSR count). The summed E-state index contributed by atoms with van der Waals surface area (Å²) >= 11 is 0. The molecule has 0 aliphatic heterocycles. The van der Waals surface area contributed by atoms with E-state index in [-0.39, 0.29) is 18.6 Å². The normalized spacial score (nSPS) is 15.1. The zero-order valence-electron chi connectivity index (χ0n) is 9.12. The Balaban J connectivity index is 3.72. The number of ether oxygens (including phenoxy) is 1. The first-order chi connectivity index (χ1) is 6.63. The molecule has 0 radical (unpaired) electrons. The third kappa shape index (κ3) is 4.74. The summed E-state index contributed by atoms with van der Waals surface area (Å²) < 4.78 is 4.97. The van der Waals surface area contributed by atoms with Crippen molar-refractivity contribution in [1.29, 1.82) is 0 Å². The van der Waals surface area contributed by atoms with Crippen molar-refractivity contribution in [2.45, 2.75) is 27.2 Å². The predicted molar refractivity (Wildman–Crippen MR) is 56.0 cm³/mol. The van der Waals surface area contributed by atoms with E-state index < -0.39 is 0 Å². The van der Waals surface area contributed by atoms with Gasteiger partial charge in [-0.25, -0.2) is 0 Å². The average molecular weight is 200 g/mol. The molecule has 0 heterocycles. The van der Waals surface area contributed by atoms with E-state index in [1.54, 1.807) is 0 Å². The van der Waals surface area contributed by atoms with Crippen LogP contribution in [0, 0.1) is 11.8 Å². The molecule has 0 aromatic rings. The minimum Gasteiger partial charge on any atom is -0.444 e. The highest BCUT2D eigenvalue weighted by molar-refractivity contribution is 5.72. The number of hydrogen-bond acceptors (Lipinski definition) is 4. The van der Waals surface area contributed by atoms with E-state index >= 15 is 0 Å². The molecular formula is C10H20N2O2. The van der Waals surface area contributed by atoms with Crippen LogP contribution in [0.3, 0.4) is 0 Å². The van der Waals surface area contributed by atoms with Gasteiger partial charge in [-0.3, -0.25) is 4.79 Å². The highest BCUT2D eigenvalue weighted by atomic mass is 16.5.